The average molecular weight is 405 g/mol. The van der Waals surface area contributed by atoms with Crippen LogP contribution in [0.2, 0.25) is 0 Å². The molecule has 0 saturated carbocycles. The lowest BCUT2D eigenvalue weighted by molar-refractivity contribution is -0.121. The summed E-state index contributed by atoms with van der Waals surface area (Å²) in [6.07, 6.45) is 7.18. The first-order chi connectivity index (χ1) is 14.8. The molecule has 2 aromatic heterocycles. The molecule has 3 aromatic rings. The van der Waals surface area contributed by atoms with Gasteiger partial charge in [-0.15, -0.1) is 10.2 Å². The maximum atomic E-state index is 12.5. The van der Waals surface area contributed by atoms with E-state index in [4.69, 9.17) is 9.47 Å². The van der Waals surface area contributed by atoms with Crippen molar-refractivity contribution in [3.63, 3.8) is 0 Å². The summed E-state index contributed by atoms with van der Waals surface area (Å²) >= 11 is 0. The number of ether oxygens (including phenoxy) is 2. The third-order valence-corrected chi connectivity index (χ3v) is 5.61. The minimum Gasteiger partial charge on any atom is -0.454 e. The van der Waals surface area contributed by atoms with Crippen molar-refractivity contribution in [1.29, 1.82) is 0 Å². The normalized spacial score (nSPS) is 17.3. The van der Waals surface area contributed by atoms with E-state index >= 15 is 0 Å². The molecule has 2 aliphatic heterocycles. The van der Waals surface area contributed by atoms with Crippen LogP contribution in [0.15, 0.2) is 42.7 Å². The lowest BCUT2D eigenvalue weighted by Gasteiger charge is -2.16. The van der Waals surface area contributed by atoms with E-state index in [1.165, 1.54) is 0 Å². The second-order valence-corrected chi connectivity index (χ2v) is 7.61. The zero-order chi connectivity index (χ0) is 20.3. The number of amides is 1. The van der Waals surface area contributed by atoms with Crippen molar-refractivity contribution in [2.75, 3.05) is 6.79 Å². The summed E-state index contributed by atoms with van der Waals surface area (Å²) in [5.74, 6) is 3.39. The SMILES string of the molecule is O=C(CCc1ccc2c(c1)OCO2)NC1CCc2nnc(-c3cccnc3)n2CC1. The van der Waals surface area contributed by atoms with Gasteiger partial charge in [-0.1, -0.05) is 6.07 Å². The van der Waals surface area contributed by atoms with Gasteiger partial charge in [0, 0.05) is 43.4 Å². The van der Waals surface area contributed by atoms with Crippen LogP contribution in [-0.4, -0.2) is 38.5 Å². The molecule has 0 saturated heterocycles. The number of aromatic nitrogens is 4. The van der Waals surface area contributed by atoms with Crippen LogP contribution < -0.4 is 14.8 Å². The Balaban J connectivity index is 1.17. The number of fused-ring (bicyclic) bond motifs is 2. The van der Waals surface area contributed by atoms with Gasteiger partial charge in [0.25, 0.3) is 0 Å². The van der Waals surface area contributed by atoms with Gasteiger partial charge in [-0.25, -0.2) is 0 Å². The van der Waals surface area contributed by atoms with Crippen molar-refractivity contribution in [3.05, 3.63) is 54.1 Å². The fraction of sp³-hybridized carbons (Fsp3) is 0.364. The molecule has 0 fully saturated rings. The van der Waals surface area contributed by atoms with Crippen molar-refractivity contribution in [2.24, 2.45) is 0 Å². The van der Waals surface area contributed by atoms with Crippen LogP contribution in [0.1, 0.15) is 30.7 Å². The van der Waals surface area contributed by atoms with Crippen molar-refractivity contribution in [3.8, 4) is 22.9 Å². The van der Waals surface area contributed by atoms with Crippen molar-refractivity contribution < 1.29 is 14.3 Å². The maximum Gasteiger partial charge on any atom is 0.231 e. The molecular formula is C22H23N5O3. The number of rotatable bonds is 5. The Hall–Kier alpha value is -3.42. The summed E-state index contributed by atoms with van der Waals surface area (Å²) in [5, 5.41) is 11.9. The Bertz CT molecular complexity index is 1050. The second-order valence-electron chi connectivity index (χ2n) is 7.61. The Labute approximate surface area is 174 Å². The van der Waals surface area contributed by atoms with Gasteiger partial charge >= 0.3 is 0 Å². The summed E-state index contributed by atoms with van der Waals surface area (Å²) in [7, 11) is 0. The second kappa shape index (κ2) is 8.14. The Morgan fingerprint density at radius 2 is 2.10 bits per heavy atom. The van der Waals surface area contributed by atoms with Gasteiger partial charge in [0.15, 0.2) is 17.3 Å². The fourth-order valence-corrected chi connectivity index (χ4v) is 3.99. The van der Waals surface area contributed by atoms with E-state index < -0.39 is 0 Å². The van der Waals surface area contributed by atoms with Gasteiger partial charge in [0.1, 0.15) is 5.82 Å². The minimum atomic E-state index is 0.0721. The van der Waals surface area contributed by atoms with E-state index in [1.807, 2.05) is 30.3 Å². The highest BCUT2D eigenvalue weighted by Crippen LogP contribution is 2.32. The Morgan fingerprint density at radius 1 is 1.17 bits per heavy atom. The molecular weight excluding hydrogens is 382 g/mol. The highest BCUT2D eigenvalue weighted by molar-refractivity contribution is 5.76. The van der Waals surface area contributed by atoms with Crippen LogP contribution in [0.3, 0.4) is 0 Å². The fourth-order valence-electron chi connectivity index (χ4n) is 3.99. The number of aryl methyl sites for hydroxylation is 2. The topological polar surface area (TPSA) is 91.2 Å². The predicted octanol–water partition coefficient (Wildman–Crippen LogP) is 2.52. The smallest absolute Gasteiger partial charge is 0.231 e. The van der Waals surface area contributed by atoms with Gasteiger partial charge in [-0.05, 0) is 49.1 Å². The predicted molar refractivity (Wildman–Crippen MR) is 109 cm³/mol. The van der Waals surface area contributed by atoms with Crippen molar-refractivity contribution >= 4 is 5.91 Å². The third-order valence-electron chi connectivity index (χ3n) is 5.61. The minimum absolute atomic E-state index is 0.0721. The number of pyridine rings is 1. The molecule has 0 spiro atoms. The first-order valence-corrected chi connectivity index (χ1v) is 10.3. The van der Waals surface area contributed by atoms with Gasteiger partial charge in [0.05, 0.1) is 0 Å². The van der Waals surface area contributed by atoms with E-state index in [9.17, 15) is 4.79 Å². The number of hydrogen-bond donors (Lipinski definition) is 1. The number of carbonyl (C=O) groups excluding carboxylic acids is 1. The van der Waals surface area contributed by atoms with E-state index in [1.54, 1.807) is 12.4 Å². The Kier molecular flexibility index (Phi) is 5.04. The summed E-state index contributed by atoms with van der Waals surface area (Å²) in [5.41, 5.74) is 2.03. The van der Waals surface area contributed by atoms with E-state index in [0.717, 1.165) is 60.1 Å². The summed E-state index contributed by atoms with van der Waals surface area (Å²) < 4.78 is 12.9. The number of nitrogens with zero attached hydrogens (tertiary/aromatic N) is 4. The van der Waals surface area contributed by atoms with Gasteiger partial charge in [-0.2, -0.15) is 0 Å². The summed E-state index contributed by atoms with van der Waals surface area (Å²) in [6.45, 7) is 1.04. The third kappa shape index (κ3) is 3.85. The van der Waals surface area contributed by atoms with Gasteiger partial charge in [-0.3, -0.25) is 9.78 Å². The Morgan fingerprint density at radius 3 is 3.00 bits per heavy atom. The molecule has 0 aliphatic carbocycles. The molecule has 30 heavy (non-hydrogen) atoms. The molecule has 4 heterocycles. The van der Waals surface area contributed by atoms with Crippen molar-refractivity contribution in [2.45, 2.75) is 44.7 Å². The molecule has 1 N–H and O–H groups in total. The lowest BCUT2D eigenvalue weighted by atomic mass is 10.1. The monoisotopic (exact) mass is 405 g/mol. The number of hydrogen-bond acceptors (Lipinski definition) is 6. The van der Waals surface area contributed by atoms with Gasteiger partial charge < -0.3 is 19.4 Å². The molecule has 1 unspecified atom stereocenters. The van der Waals surface area contributed by atoms with Gasteiger partial charge in [0.2, 0.25) is 12.7 Å². The highest BCUT2D eigenvalue weighted by atomic mass is 16.7. The van der Waals surface area contributed by atoms with Crippen LogP contribution in [0.25, 0.3) is 11.4 Å². The number of nitrogens with one attached hydrogen (secondary N) is 1. The molecule has 2 aliphatic rings. The largest absolute Gasteiger partial charge is 0.454 e. The molecule has 8 heteroatoms. The average Bonchev–Trinajstić information content (AvgIpc) is 3.36. The molecule has 1 aromatic carbocycles. The molecule has 0 radical (unpaired) electrons. The van der Waals surface area contributed by atoms with Crippen LogP contribution in [0, 0.1) is 0 Å². The molecule has 154 valence electrons. The molecule has 1 amide bonds. The molecule has 5 rings (SSSR count). The zero-order valence-corrected chi connectivity index (χ0v) is 16.6. The van der Waals surface area contributed by atoms with Crippen LogP contribution in [-0.2, 0) is 24.2 Å². The quantitative estimate of drug-likeness (QED) is 0.701. The lowest BCUT2D eigenvalue weighted by Crippen LogP contribution is -2.35. The standard InChI is InChI=1S/C22H23N5O3/c28-21(8-4-15-3-6-18-19(12-15)30-14-29-18)24-17-5-7-20-25-26-22(27(20)11-9-17)16-2-1-10-23-13-16/h1-3,6,10,12-13,17H,4-5,7-9,11,14H2,(H,24,28). The summed E-state index contributed by atoms with van der Waals surface area (Å²) in [4.78, 5) is 16.7. The van der Waals surface area contributed by atoms with E-state index in [0.29, 0.717) is 12.8 Å². The first kappa shape index (κ1) is 18.6. The summed E-state index contributed by atoms with van der Waals surface area (Å²) in [6, 6.07) is 9.86. The molecule has 8 nitrogen and oxygen atoms in total. The number of carbonyl (C=O) groups is 1. The number of benzene rings is 1. The molecule has 0 bridgehead atoms. The first-order valence-electron chi connectivity index (χ1n) is 10.3. The maximum absolute atomic E-state index is 12.5. The van der Waals surface area contributed by atoms with Crippen LogP contribution in [0.5, 0.6) is 11.5 Å². The zero-order valence-electron chi connectivity index (χ0n) is 16.6. The van der Waals surface area contributed by atoms with Crippen molar-refractivity contribution in [1.82, 2.24) is 25.1 Å². The molecule has 1 atom stereocenters. The van der Waals surface area contributed by atoms with Crippen LogP contribution >= 0.6 is 0 Å². The van der Waals surface area contributed by atoms with E-state index in [2.05, 4.69) is 25.1 Å². The highest BCUT2D eigenvalue weighted by Gasteiger charge is 2.22. The van der Waals surface area contributed by atoms with Crippen LogP contribution in [0.4, 0.5) is 0 Å². The van der Waals surface area contributed by atoms with E-state index in [-0.39, 0.29) is 18.7 Å².